The molecule has 0 aliphatic carbocycles. The maximum Gasteiger partial charge on any atom is 0.116 e. The number of hydrogen-bond acceptors (Lipinski definition) is 0. The zero-order valence-electron chi connectivity index (χ0n) is 20.7. The monoisotopic (exact) mass is 550 g/mol. The molecular formula is C34H32BrP. The Morgan fingerprint density at radius 1 is 0.444 bits per heavy atom. The molecule has 0 atom stereocenters. The third kappa shape index (κ3) is 5.54. The highest BCUT2D eigenvalue weighted by Gasteiger charge is 2.45. The standard InChI is InChI=1S/C34H32P.BrH/c1-2-12-28-19-23-30(24-20-28)31-25-21-29(22-26-31)27-35(32-13-6-3-7-14-32,33-15-8-4-9-16-33)34-17-10-5-11-18-34;/h3-11,13-26H,2,12,27H2,1H3;1H/q+1;/p-1. The van der Waals surface area contributed by atoms with E-state index in [4.69, 9.17) is 0 Å². The van der Waals surface area contributed by atoms with E-state index < -0.39 is 7.26 Å². The molecule has 0 nitrogen and oxygen atoms in total. The average molecular weight is 552 g/mol. The summed E-state index contributed by atoms with van der Waals surface area (Å²) in [7, 11) is -1.88. The van der Waals surface area contributed by atoms with Gasteiger partial charge < -0.3 is 17.0 Å². The van der Waals surface area contributed by atoms with Gasteiger partial charge in [-0.1, -0.05) is 116 Å². The summed E-state index contributed by atoms with van der Waals surface area (Å²) in [6, 6.07) is 51.7. The van der Waals surface area contributed by atoms with Crippen LogP contribution in [0.25, 0.3) is 11.1 Å². The van der Waals surface area contributed by atoms with E-state index in [1.165, 1.54) is 44.6 Å². The Hall–Kier alpha value is -2.99. The minimum Gasteiger partial charge on any atom is -1.00 e. The van der Waals surface area contributed by atoms with Crippen molar-refractivity contribution in [2.75, 3.05) is 0 Å². The van der Waals surface area contributed by atoms with Gasteiger partial charge in [-0.05, 0) is 65.1 Å². The smallest absolute Gasteiger partial charge is 0.116 e. The summed E-state index contributed by atoms with van der Waals surface area (Å²) in [4.78, 5) is 0. The van der Waals surface area contributed by atoms with Crippen LogP contribution >= 0.6 is 7.26 Å². The van der Waals surface area contributed by atoms with Gasteiger partial charge in [0.1, 0.15) is 23.2 Å². The van der Waals surface area contributed by atoms with Crippen molar-refractivity contribution in [1.29, 1.82) is 0 Å². The van der Waals surface area contributed by atoms with E-state index >= 15 is 0 Å². The van der Waals surface area contributed by atoms with Gasteiger partial charge in [-0.2, -0.15) is 0 Å². The van der Waals surface area contributed by atoms with Crippen LogP contribution in [0.15, 0.2) is 140 Å². The predicted molar refractivity (Wildman–Crippen MR) is 155 cm³/mol. The molecule has 0 radical (unpaired) electrons. The van der Waals surface area contributed by atoms with Crippen LogP contribution in [0.4, 0.5) is 0 Å². The predicted octanol–water partition coefficient (Wildman–Crippen LogP) is 4.80. The van der Waals surface area contributed by atoms with Crippen molar-refractivity contribution < 1.29 is 17.0 Å². The van der Waals surface area contributed by atoms with Gasteiger partial charge in [0.2, 0.25) is 0 Å². The molecule has 0 saturated heterocycles. The molecule has 0 fully saturated rings. The molecule has 0 aliphatic rings. The third-order valence-electron chi connectivity index (χ3n) is 6.79. The molecule has 0 N–H and O–H groups in total. The number of halogens is 1. The summed E-state index contributed by atoms with van der Waals surface area (Å²) in [5.41, 5.74) is 5.35. The first kappa shape index (κ1) is 26.1. The van der Waals surface area contributed by atoms with E-state index in [2.05, 4.69) is 146 Å². The van der Waals surface area contributed by atoms with Crippen molar-refractivity contribution in [3.8, 4) is 11.1 Å². The quantitative estimate of drug-likeness (QED) is 0.243. The third-order valence-corrected chi connectivity index (χ3v) is 11.2. The molecule has 5 rings (SSSR count). The van der Waals surface area contributed by atoms with Crippen LogP contribution < -0.4 is 32.9 Å². The lowest BCUT2D eigenvalue weighted by Crippen LogP contribution is -3.00. The van der Waals surface area contributed by atoms with E-state index in [9.17, 15) is 0 Å². The molecule has 2 heteroatoms. The fourth-order valence-electron chi connectivity index (χ4n) is 5.00. The first-order chi connectivity index (χ1) is 17.3. The molecule has 36 heavy (non-hydrogen) atoms. The molecule has 0 amide bonds. The van der Waals surface area contributed by atoms with Crippen LogP contribution in [0.3, 0.4) is 0 Å². The minimum absolute atomic E-state index is 0. The largest absolute Gasteiger partial charge is 1.00 e. The van der Waals surface area contributed by atoms with Gasteiger partial charge in [0.05, 0.1) is 6.16 Å². The zero-order chi connectivity index (χ0) is 23.9. The molecule has 0 spiro atoms. The lowest BCUT2D eigenvalue weighted by molar-refractivity contribution is -0.00000685. The first-order valence-corrected chi connectivity index (χ1v) is 14.5. The van der Waals surface area contributed by atoms with Crippen LogP contribution in [0, 0.1) is 0 Å². The van der Waals surface area contributed by atoms with Crippen molar-refractivity contribution >= 4 is 23.2 Å². The Balaban J connectivity index is 0.00000304. The maximum absolute atomic E-state index is 2.33. The van der Waals surface area contributed by atoms with Gasteiger partial charge in [0.25, 0.3) is 0 Å². The van der Waals surface area contributed by atoms with Crippen molar-refractivity contribution in [2.45, 2.75) is 25.9 Å². The molecule has 0 unspecified atom stereocenters. The lowest BCUT2D eigenvalue weighted by atomic mass is 10.0. The summed E-state index contributed by atoms with van der Waals surface area (Å²) in [6.07, 6.45) is 3.33. The number of benzene rings is 5. The van der Waals surface area contributed by atoms with E-state index in [1.807, 2.05) is 0 Å². The van der Waals surface area contributed by atoms with Crippen LogP contribution in [-0.2, 0) is 12.6 Å². The number of hydrogen-bond donors (Lipinski definition) is 0. The molecule has 5 aromatic carbocycles. The van der Waals surface area contributed by atoms with E-state index in [0.717, 1.165) is 12.6 Å². The minimum atomic E-state index is -1.88. The fourth-order valence-corrected chi connectivity index (χ4v) is 9.24. The highest BCUT2D eigenvalue weighted by Crippen LogP contribution is 2.58. The van der Waals surface area contributed by atoms with Crippen molar-refractivity contribution in [3.63, 3.8) is 0 Å². The average Bonchev–Trinajstić information content (AvgIpc) is 2.94. The van der Waals surface area contributed by atoms with Crippen LogP contribution in [0.1, 0.15) is 24.5 Å². The first-order valence-electron chi connectivity index (χ1n) is 12.5. The molecule has 0 aromatic heterocycles. The van der Waals surface area contributed by atoms with Gasteiger partial charge in [-0.25, -0.2) is 0 Å². The normalized spacial score (nSPS) is 11.0. The fraction of sp³-hybridized carbons (Fsp3) is 0.118. The summed E-state index contributed by atoms with van der Waals surface area (Å²) < 4.78 is 0. The van der Waals surface area contributed by atoms with Crippen molar-refractivity contribution in [1.82, 2.24) is 0 Å². The van der Waals surface area contributed by atoms with Crippen LogP contribution in [-0.4, -0.2) is 0 Å². The SMILES string of the molecule is CCCc1ccc(-c2ccc(C[P+](c3ccccc3)(c3ccccc3)c3ccccc3)cc2)cc1.[Br-]. The molecule has 0 aliphatic heterocycles. The second-order valence-corrected chi connectivity index (χ2v) is 12.6. The van der Waals surface area contributed by atoms with Gasteiger partial charge >= 0.3 is 0 Å². The zero-order valence-corrected chi connectivity index (χ0v) is 23.2. The molecule has 180 valence electrons. The lowest BCUT2D eigenvalue weighted by Gasteiger charge is -2.28. The van der Waals surface area contributed by atoms with E-state index in [1.54, 1.807) is 0 Å². The Labute approximate surface area is 227 Å². The maximum atomic E-state index is 2.33. The summed E-state index contributed by atoms with van der Waals surface area (Å²) in [6.45, 7) is 2.23. The van der Waals surface area contributed by atoms with E-state index in [0.29, 0.717) is 0 Å². The topological polar surface area (TPSA) is 0 Å². The number of rotatable bonds is 8. The van der Waals surface area contributed by atoms with Gasteiger partial charge in [0, 0.05) is 0 Å². The Morgan fingerprint density at radius 2 is 0.806 bits per heavy atom. The van der Waals surface area contributed by atoms with Gasteiger partial charge in [0.15, 0.2) is 0 Å². The highest BCUT2D eigenvalue weighted by molar-refractivity contribution is 7.95. The van der Waals surface area contributed by atoms with Crippen LogP contribution in [0.2, 0.25) is 0 Å². The second kappa shape index (κ2) is 12.3. The van der Waals surface area contributed by atoms with Crippen LogP contribution in [0.5, 0.6) is 0 Å². The molecular weight excluding hydrogens is 519 g/mol. The van der Waals surface area contributed by atoms with Crippen molar-refractivity contribution in [3.05, 3.63) is 151 Å². The van der Waals surface area contributed by atoms with Gasteiger partial charge in [-0.3, -0.25) is 0 Å². The Bertz CT molecular complexity index is 1230. The number of aryl methyl sites for hydroxylation is 1. The molecule has 0 bridgehead atoms. The Kier molecular flexibility index (Phi) is 8.92. The highest BCUT2D eigenvalue weighted by atomic mass is 79.9. The van der Waals surface area contributed by atoms with E-state index in [-0.39, 0.29) is 17.0 Å². The molecule has 0 heterocycles. The van der Waals surface area contributed by atoms with Crippen molar-refractivity contribution in [2.24, 2.45) is 0 Å². The molecule has 0 saturated carbocycles. The van der Waals surface area contributed by atoms with Gasteiger partial charge in [-0.15, -0.1) is 0 Å². The summed E-state index contributed by atoms with van der Waals surface area (Å²) >= 11 is 0. The second-order valence-electron chi connectivity index (χ2n) is 9.12. The molecule has 5 aromatic rings. The summed E-state index contributed by atoms with van der Waals surface area (Å²) in [5.74, 6) is 0. The Morgan fingerprint density at radius 3 is 1.17 bits per heavy atom. The summed E-state index contributed by atoms with van der Waals surface area (Å²) in [5, 5.41) is 4.27.